The molecule has 4 heteroatoms. The van der Waals surface area contributed by atoms with E-state index < -0.39 is 11.4 Å². The lowest BCUT2D eigenvalue weighted by molar-refractivity contribution is 0.244. The van der Waals surface area contributed by atoms with Crippen molar-refractivity contribution < 1.29 is 9.50 Å². The van der Waals surface area contributed by atoms with E-state index >= 15 is 0 Å². The van der Waals surface area contributed by atoms with Crippen molar-refractivity contribution in [1.29, 1.82) is 0 Å². The first-order valence-electron chi connectivity index (χ1n) is 4.51. The number of nitrogens with two attached hydrogens (primary N) is 1. The van der Waals surface area contributed by atoms with Crippen molar-refractivity contribution in [2.24, 2.45) is 5.73 Å². The maximum absolute atomic E-state index is 13.0. The van der Waals surface area contributed by atoms with E-state index in [9.17, 15) is 9.50 Å². The second-order valence-corrected chi connectivity index (χ2v) is 4.56. The number of halogens is 2. The van der Waals surface area contributed by atoms with Crippen LogP contribution in [-0.2, 0) is 5.54 Å². The Morgan fingerprint density at radius 2 is 2.07 bits per heavy atom. The van der Waals surface area contributed by atoms with Crippen LogP contribution in [0, 0.1) is 5.82 Å². The zero-order valence-corrected chi connectivity index (χ0v) is 9.14. The quantitative estimate of drug-likeness (QED) is 0.815. The minimum atomic E-state index is -0.464. The molecule has 1 aliphatic carbocycles. The minimum absolute atomic E-state index is 0.0628. The van der Waals surface area contributed by atoms with E-state index in [-0.39, 0.29) is 10.2 Å². The molecule has 0 spiro atoms. The lowest BCUT2D eigenvalue weighted by Gasteiger charge is -2.39. The number of hydrogen-bond acceptors (Lipinski definition) is 2. The highest BCUT2D eigenvalue weighted by Gasteiger charge is 2.37. The summed E-state index contributed by atoms with van der Waals surface area (Å²) in [6.07, 6.45) is 2.75. The molecule has 1 aromatic rings. The van der Waals surface area contributed by atoms with Crippen LogP contribution < -0.4 is 5.73 Å². The normalized spacial score (nSPS) is 19.1. The number of phenols is 1. The molecular formula is C10H11BrFNO. The summed E-state index contributed by atoms with van der Waals surface area (Å²) in [6, 6.07) is 2.89. The van der Waals surface area contributed by atoms with Crippen molar-refractivity contribution in [3.63, 3.8) is 0 Å². The largest absolute Gasteiger partial charge is 0.506 e. The number of benzene rings is 1. The standard InChI is InChI=1S/C10H11BrFNO/c11-8-7(12)3-2-6(9(8)14)10(13)4-1-5-10/h2-3,14H,1,4-5,13H2. The summed E-state index contributed by atoms with van der Waals surface area (Å²) in [5.74, 6) is -0.527. The Bertz CT molecular complexity index is 377. The van der Waals surface area contributed by atoms with Crippen molar-refractivity contribution in [2.75, 3.05) is 0 Å². The molecule has 76 valence electrons. The van der Waals surface area contributed by atoms with Crippen LogP contribution >= 0.6 is 15.9 Å². The van der Waals surface area contributed by atoms with Gasteiger partial charge in [-0.3, -0.25) is 0 Å². The summed E-state index contributed by atoms with van der Waals surface area (Å²) in [7, 11) is 0. The van der Waals surface area contributed by atoms with Crippen LogP contribution in [0.2, 0.25) is 0 Å². The monoisotopic (exact) mass is 259 g/mol. The van der Waals surface area contributed by atoms with E-state index in [1.807, 2.05) is 0 Å². The van der Waals surface area contributed by atoms with Gasteiger partial charge in [0.2, 0.25) is 0 Å². The molecule has 0 radical (unpaired) electrons. The Labute approximate surface area is 90.1 Å². The molecule has 0 aliphatic heterocycles. The zero-order chi connectivity index (χ0) is 10.3. The van der Waals surface area contributed by atoms with Crippen LogP contribution in [-0.4, -0.2) is 5.11 Å². The molecular weight excluding hydrogens is 249 g/mol. The Balaban J connectivity index is 2.49. The lowest BCUT2D eigenvalue weighted by Crippen LogP contribution is -2.43. The molecule has 1 aliphatic rings. The molecule has 0 unspecified atom stereocenters. The van der Waals surface area contributed by atoms with Gasteiger partial charge in [-0.1, -0.05) is 6.07 Å². The smallest absolute Gasteiger partial charge is 0.141 e. The molecule has 3 N–H and O–H groups in total. The summed E-state index contributed by atoms with van der Waals surface area (Å²) < 4.78 is 13.1. The summed E-state index contributed by atoms with van der Waals surface area (Å²) in [5.41, 5.74) is 6.22. The van der Waals surface area contributed by atoms with Crippen LogP contribution in [0.5, 0.6) is 5.75 Å². The van der Waals surface area contributed by atoms with Gasteiger partial charge in [-0.2, -0.15) is 0 Å². The zero-order valence-electron chi connectivity index (χ0n) is 7.56. The number of rotatable bonds is 1. The van der Waals surface area contributed by atoms with Gasteiger partial charge in [0, 0.05) is 11.1 Å². The predicted molar refractivity (Wildman–Crippen MR) is 55.5 cm³/mol. The molecule has 0 heterocycles. The van der Waals surface area contributed by atoms with E-state index in [1.54, 1.807) is 6.07 Å². The van der Waals surface area contributed by atoms with E-state index in [2.05, 4.69) is 15.9 Å². The lowest BCUT2D eigenvalue weighted by atomic mass is 9.72. The Hall–Kier alpha value is -0.610. The summed E-state index contributed by atoms with van der Waals surface area (Å²) in [4.78, 5) is 0. The fourth-order valence-electron chi connectivity index (χ4n) is 1.77. The van der Waals surface area contributed by atoms with Crippen LogP contribution in [0.3, 0.4) is 0 Å². The van der Waals surface area contributed by atoms with Gasteiger partial charge < -0.3 is 10.8 Å². The number of aromatic hydroxyl groups is 1. The topological polar surface area (TPSA) is 46.2 Å². The van der Waals surface area contributed by atoms with Crippen LogP contribution in [0.1, 0.15) is 24.8 Å². The van der Waals surface area contributed by atoms with Gasteiger partial charge in [0.1, 0.15) is 11.6 Å². The molecule has 0 atom stereocenters. The number of phenolic OH excluding ortho intramolecular Hbond substituents is 1. The SMILES string of the molecule is NC1(c2ccc(F)c(Br)c2O)CCC1. The van der Waals surface area contributed by atoms with Crippen molar-refractivity contribution in [3.05, 3.63) is 28.0 Å². The third kappa shape index (κ3) is 1.33. The van der Waals surface area contributed by atoms with Crippen LogP contribution in [0.4, 0.5) is 4.39 Å². The second kappa shape index (κ2) is 3.21. The first-order chi connectivity index (χ1) is 6.54. The van der Waals surface area contributed by atoms with Gasteiger partial charge in [-0.15, -0.1) is 0 Å². The average molecular weight is 260 g/mol. The van der Waals surface area contributed by atoms with E-state index in [1.165, 1.54) is 6.07 Å². The summed E-state index contributed by atoms with van der Waals surface area (Å²) in [5, 5.41) is 9.71. The molecule has 2 nitrogen and oxygen atoms in total. The maximum atomic E-state index is 13.0. The van der Waals surface area contributed by atoms with Crippen molar-refractivity contribution in [3.8, 4) is 5.75 Å². The third-order valence-electron chi connectivity index (χ3n) is 2.85. The predicted octanol–water partition coefficient (Wildman–Crippen LogP) is 2.63. The van der Waals surface area contributed by atoms with E-state index in [0.29, 0.717) is 5.56 Å². The van der Waals surface area contributed by atoms with E-state index in [0.717, 1.165) is 19.3 Å². The Morgan fingerprint density at radius 1 is 1.43 bits per heavy atom. The third-order valence-corrected chi connectivity index (χ3v) is 3.61. The fourth-order valence-corrected chi connectivity index (χ4v) is 2.11. The van der Waals surface area contributed by atoms with Gasteiger partial charge in [0.25, 0.3) is 0 Å². The molecule has 14 heavy (non-hydrogen) atoms. The molecule has 0 saturated heterocycles. The fraction of sp³-hybridized carbons (Fsp3) is 0.400. The highest BCUT2D eigenvalue weighted by molar-refractivity contribution is 9.10. The van der Waals surface area contributed by atoms with Gasteiger partial charge in [0.15, 0.2) is 0 Å². The van der Waals surface area contributed by atoms with Gasteiger partial charge >= 0.3 is 0 Å². The molecule has 0 amide bonds. The Kier molecular flexibility index (Phi) is 2.27. The number of hydrogen-bond donors (Lipinski definition) is 2. The highest BCUT2D eigenvalue weighted by Crippen LogP contribution is 2.45. The molecule has 0 aromatic heterocycles. The van der Waals surface area contributed by atoms with Crippen LogP contribution in [0.15, 0.2) is 16.6 Å². The second-order valence-electron chi connectivity index (χ2n) is 3.77. The van der Waals surface area contributed by atoms with Crippen molar-refractivity contribution in [1.82, 2.24) is 0 Å². The van der Waals surface area contributed by atoms with E-state index in [4.69, 9.17) is 5.73 Å². The minimum Gasteiger partial charge on any atom is -0.506 e. The molecule has 1 aromatic carbocycles. The maximum Gasteiger partial charge on any atom is 0.141 e. The molecule has 0 bridgehead atoms. The molecule has 1 saturated carbocycles. The van der Waals surface area contributed by atoms with Crippen molar-refractivity contribution >= 4 is 15.9 Å². The van der Waals surface area contributed by atoms with Gasteiger partial charge in [-0.05, 0) is 41.3 Å². The van der Waals surface area contributed by atoms with Gasteiger partial charge in [-0.25, -0.2) is 4.39 Å². The Morgan fingerprint density at radius 3 is 2.57 bits per heavy atom. The van der Waals surface area contributed by atoms with Gasteiger partial charge in [0.05, 0.1) is 4.47 Å². The highest BCUT2D eigenvalue weighted by atomic mass is 79.9. The summed E-state index contributed by atoms with van der Waals surface area (Å²) in [6.45, 7) is 0. The molecule has 2 rings (SSSR count). The summed E-state index contributed by atoms with van der Waals surface area (Å²) >= 11 is 3.00. The van der Waals surface area contributed by atoms with Crippen molar-refractivity contribution in [2.45, 2.75) is 24.8 Å². The van der Waals surface area contributed by atoms with Crippen LogP contribution in [0.25, 0.3) is 0 Å². The first-order valence-corrected chi connectivity index (χ1v) is 5.30. The molecule has 1 fully saturated rings. The first kappa shape index (κ1) is 9.93. The average Bonchev–Trinajstić information content (AvgIpc) is 2.11.